The highest BCUT2D eigenvalue weighted by Gasteiger charge is 2.41. The van der Waals surface area contributed by atoms with Crippen molar-refractivity contribution in [1.82, 2.24) is 30.4 Å². The quantitative estimate of drug-likeness (QED) is 0.434. The topological polar surface area (TPSA) is 118 Å². The van der Waals surface area contributed by atoms with E-state index in [1.54, 1.807) is 48.7 Å². The van der Waals surface area contributed by atoms with Crippen molar-refractivity contribution in [2.45, 2.75) is 38.8 Å². The van der Waals surface area contributed by atoms with Crippen molar-refractivity contribution < 1.29 is 24.0 Å². The molecule has 1 fully saturated rings. The predicted octanol–water partition coefficient (Wildman–Crippen LogP) is 1.14. The Morgan fingerprint density at radius 2 is 2.06 bits per heavy atom. The number of nitrogens with one attached hydrogen (secondary N) is 2. The number of hydroxylamine groups is 2. The number of ether oxygens (including phenoxy) is 1. The second-order valence-corrected chi connectivity index (χ2v) is 8.51. The van der Waals surface area contributed by atoms with Crippen LogP contribution in [0.2, 0.25) is 0 Å². The summed E-state index contributed by atoms with van der Waals surface area (Å²) in [6.45, 7) is 10.7. The van der Waals surface area contributed by atoms with Crippen molar-refractivity contribution in [2.75, 3.05) is 32.8 Å². The van der Waals surface area contributed by atoms with E-state index in [2.05, 4.69) is 22.3 Å². The number of hydrogen-bond acceptors (Lipinski definition) is 6. The van der Waals surface area contributed by atoms with Crippen LogP contribution in [-0.2, 0) is 20.8 Å². The van der Waals surface area contributed by atoms with Gasteiger partial charge in [0.15, 0.2) is 0 Å². The Labute approximate surface area is 187 Å². The minimum absolute atomic E-state index is 0.105. The number of alkyl carbamates (subject to hydrolysis) is 1. The zero-order valence-electron chi connectivity index (χ0n) is 18.7. The standard InChI is InChI=1S/C21H30N6O5/c1-5-10-31-27-17-12-16(13-25(14-17)20(27)30)26-9-6-15(24-26)11-18(28)22-7-8-23-19(29)32-21(2,3)4/h5-6,9,12,17H,1,7-8,10-11,13-14H2,2-4H3,(H,22,28)(H,23,29). The second kappa shape index (κ2) is 9.86. The molecule has 1 atom stereocenters. The van der Waals surface area contributed by atoms with Crippen LogP contribution in [-0.4, -0.2) is 82.2 Å². The van der Waals surface area contributed by atoms with Crippen LogP contribution in [0.4, 0.5) is 9.59 Å². The summed E-state index contributed by atoms with van der Waals surface area (Å²) < 4.78 is 6.81. The first-order valence-electron chi connectivity index (χ1n) is 10.5. The summed E-state index contributed by atoms with van der Waals surface area (Å²) in [4.78, 5) is 43.3. The first-order chi connectivity index (χ1) is 15.2. The van der Waals surface area contributed by atoms with Crippen molar-refractivity contribution in [3.05, 3.63) is 36.7 Å². The van der Waals surface area contributed by atoms with E-state index < -0.39 is 11.7 Å². The van der Waals surface area contributed by atoms with E-state index >= 15 is 0 Å². The third kappa shape index (κ3) is 6.10. The molecule has 0 aliphatic carbocycles. The Morgan fingerprint density at radius 3 is 2.78 bits per heavy atom. The average molecular weight is 447 g/mol. The zero-order valence-corrected chi connectivity index (χ0v) is 18.7. The van der Waals surface area contributed by atoms with Crippen LogP contribution in [0.25, 0.3) is 5.70 Å². The first-order valence-corrected chi connectivity index (χ1v) is 10.5. The molecule has 3 heterocycles. The lowest BCUT2D eigenvalue weighted by Gasteiger charge is -2.21. The molecule has 2 bridgehead atoms. The molecule has 11 nitrogen and oxygen atoms in total. The van der Waals surface area contributed by atoms with Crippen molar-refractivity contribution >= 4 is 23.7 Å². The molecule has 174 valence electrons. The van der Waals surface area contributed by atoms with Crippen molar-refractivity contribution in [1.29, 1.82) is 0 Å². The average Bonchev–Trinajstić information content (AvgIpc) is 3.25. The largest absolute Gasteiger partial charge is 0.444 e. The highest BCUT2D eigenvalue weighted by atomic mass is 16.7. The van der Waals surface area contributed by atoms with Crippen molar-refractivity contribution in [3.63, 3.8) is 0 Å². The normalized spacial score (nSPS) is 17.8. The Hall–Kier alpha value is -3.34. The maximum absolute atomic E-state index is 12.4. The Balaban J connectivity index is 1.47. The SMILES string of the molecule is C=CCON1C(=O)N2CC(n3ccc(CC(=O)NCCNC(=O)OC(C)(C)C)n3)=CC1C2. The second-order valence-electron chi connectivity index (χ2n) is 8.51. The number of amides is 4. The molecule has 1 aromatic rings. The molecule has 0 aromatic carbocycles. The summed E-state index contributed by atoms with van der Waals surface area (Å²) in [5.74, 6) is -0.207. The van der Waals surface area contributed by atoms with Gasteiger partial charge >= 0.3 is 12.1 Å². The van der Waals surface area contributed by atoms with Crippen LogP contribution in [0, 0.1) is 0 Å². The van der Waals surface area contributed by atoms with Gasteiger partial charge in [0.25, 0.3) is 0 Å². The lowest BCUT2D eigenvalue weighted by Crippen LogP contribution is -2.38. The van der Waals surface area contributed by atoms with Crippen molar-refractivity contribution in [3.8, 4) is 0 Å². The molecule has 32 heavy (non-hydrogen) atoms. The van der Waals surface area contributed by atoms with Crippen LogP contribution in [0.5, 0.6) is 0 Å². The fourth-order valence-electron chi connectivity index (χ4n) is 3.34. The summed E-state index contributed by atoms with van der Waals surface area (Å²) in [5, 5.41) is 11.1. The third-order valence-corrected chi connectivity index (χ3v) is 4.63. The molecule has 1 saturated heterocycles. The smallest absolute Gasteiger partial charge is 0.407 e. The van der Waals surface area contributed by atoms with E-state index in [0.717, 1.165) is 5.70 Å². The monoisotopic (exact) mass is 446 g/mol. The molecule has 2 aliphatic heterocycles. The molecule has 1 aromatic heterocycles. The molecule has 2 aliphatic rings. The number of carbonyl (C=O) groups is 3. The Morgan fingerprint density at radius 1 is 1.31 bits per heavy atom. The molecular formula is C21H30N6O5. The van der Waals surface area contributed by atoms with Gasteiger partial charge in [-0.1, -0.05) is 6.08 Å². The van der Waals surface area contributed by atoms with E-state index in [1.165, 1.54) is 5.06 Å². The van der Waals surface area contributed by atoms with Gasteiger partial charge in [0, 0.05) is 25.8 Å². The molecule has 3 rings (SSSR count). The van der Waals surface area contributed by atoms with Gasteiger partial charge in [-0.15, -0.1) is 6.58 Å². The van der Waals surface area contributed by atoms with Gasteiger partial charge in [0.1, 0.15) is 5.60 Å². The Kier molecular flexibility index (Phi) is 7.18. The molecule has 0 saturated carbocycles. The van der Waals surface area contributed by atoms with Gasteiger partial charge in [-0.25, -0.2) is 14.3 Å². The molecule has 2 N–H and O–H groups in total. The van der Waals surface area contributed by atoms with E-state index in [4.69, 9.17) is 9.57 Å². The fraction of sp³-hybridized carbons (Fsp3) is 0.524. The highest BCUT2D eigenvalue weighted by molar-refractivity contribution is 5.80. The van der Waals surface area contributed by atoms with Crippen LogP contribution in [0.1, 0.15) is 26.5 Å². The van der Waals surface area contributed by atoms with Gasteiger partial charge in [-0.2, -0.15) is 10.2 Å². The van der Waals surface area contributed by atoms with Gasteiger partial charge in [-0.3, -0.25) is 9.63 Å². The lowest BCUT2D eigenvalue weighted by molar-refractivity contribution is -0.120. The molecule has 4 amide bonds. The fourth-order valence-corrected chi connectivity index (χ4v) is 3.34. The van der Waals surface area contributed by atoms with Crippen LogP contribution >= 0.6 is 0 Å². The van der Waals surface area contributed by atoms with Crippen LogP contribution < -0.4 is 10.6 Å². The summed E-state index contributed by atoms with van der Waals surface area (Å²) in [6.07, 6.45) is 4.89. The zero-order chi connectivity index (χ0) is 23.3. The summed E-state index contributed by atoms with van der Waals surface area (Å²) >= 11 is 0. The molecule has 11 heteroatoms. The third-order valence-electron chi connectivity index (χ3n) is 4.63. The predicted molar refractivity (Wildman–Crippen MR) is 116 cm³/mol. The van der Waals surface area contributed by atoms with E-state index in [1.807, 2.05) is 6.08 Å². The maximum atomic E-state index is 12.4. The minimum atomic E-state index is -0.569. The van der Waals surface area contributed by atoms with Gasteiger partial charge in [0.2, 0.25) is 5.91 Å². The van der Waals surface area contributed by atoms with Crippen LogP contribution in [0.15, 0.2) is 31.0 Å². The molecule has 1 unspecified atom stereocenters. The number of urea groups is 1. The Bertz CT molecular complexity index is 903. The summed E-state index contributed by atoms with van der Waals surface area (Å²) in [6, 6.07) is 1.38. The number of carbonyl (C=O) groups excluding carboxylic acids is 3. The van der Waals surface area contributed by atoms with Gasteiger partial charge in [0.05, 0.1) is 37.0 Å². The number of fused-ring (bicyclic) bond motifs is 2. The summed E-state index contributed by atoms with van der Waals surface area (Å²) in [5.41, 5.74) is 0.871. The first kappa shape index (κ1) is 23.3. The maximum Gasteiger partial charge on any atom is 0.407 e. The van der Waals surface area contributed by atoms with Crippen molar-refractivity contribution in [2.24, 2.45) is 0 Å². The highest BCUT2D eigenvalue weighted by Crippen LogP contribution is 2.26. The minimum Gasteiger partial charge on any atom is -0.444 e. The molecular weight excluding hydrogens is 416 g/mol. The number of aromatic nitrogens is 2. The number of rotatable bonds is 9. The number of nitrogens with zero attached hydrogens (tertiary/aromatic N) is 4. The molecule has 0 spiro atoms. The van der Waals surface area contributed by atoms with E-state index in [0.29, 0.717) is 18.8 Å². The molecule has 0 radical (unpaired) electrons. The van der Waals surface area contributed by atoms with Crippen LogP contribution in [0.3, 0.4) is 0 Å². The number of hydrogen-bond donors (Lipinski definition) is 2. The van der Waals surface area contributed by atoms with E-state index in [-0.39, 0.29) is 44.1 Å². The lowest BCUT2D eigenvalue weighted by atomic mass is 10.2. The van der Waals surface area contributed by atoms with Gasteiger partial charge in [-0.05, 0) is 32.9 Å². The summed E-state index contributed by atoms with van der Waals surface area (Å²) in [7, 11) is 0. The van der Waals surface area contributed by atoms with Gasteiger partial charge < -0.3 is 20.3 Å². The van der Waals surface area contributed by atoms with E-state index in [9.17, 15) is 14.4 Å².